The first kappa shape index (κ1) is 13.9. The normalized spacial score (nSPS) is 29.6. The number of hydrogen-bond acceptors (Lipinski definition) is 3. The van der Waals surface area contributed by atoms with Crippen LogP contribution in [0.4, 0.5) is 0 Å². The summed E-state index contributed by atoms with van der Waals surface area (Å²) in [5.74, 6) is 0.801. The van der Waals surface area contributed by atoms with Gasteiger partial charge in [-0.2, -0.15) is 0 Å². The zero-order chi connectivity index (χ0) is 12.1. The molecule has 0 aromatic heterocycles. The molecule has 3 heteroatoms. The van der Waals surface area contributed by atoms with Gasteiger partial charge in [-0.15, -0.1) is 0 Å². The Morgan fingerprint density at radius 2 is 2.06 bits per heavy atom. The van der Waals surface area contributed by atoms with E-state index < -0.39 is 0 Å². The zero-order valence-electron chi connectivity index (χ0n) is 11.4. The summed E-state index contributed by atoms with van der Waals surface area (Å²) in [6, 6.07) is 1.20. The van der Waals surface area contributed by atoms with Gasteiger partial charge in [-0.1, -0.05) is 13.8 Å². The van der Waals surface area contributed by atoms with Crippen molar-refractivity contribution in [1.29, 1.82) is 0 Å². The number of nitrogens with two attached hydrogens (primary N) is 1. The maximum Gasteiger partial charge on any atom is 0.0345 e. The smallest absolute Gasteiger partial charge is 0.0345 e. The van der Waals surface area contributed by atoms with Crippen LogP contribution in [0.25, 0.3) is 0 Å². The Labute approximate surface area is 101 Å². The molecule has 0 spiro atoms. The molecule has 0 bridgehead atoms. The summed E-state index contributed by atoms with van der Waals surface area (Å²) in [7, 11) is 2.22. The maximum absolute atomic E-state index is 5.88. The first-order valence-corrected chi connectivity index (χ1v) is 6.69. The lowest BCUT2D eigenvalue weighted by Gasteiger charge is -2.30. The Balaban J connectivity index is 2.48. The molecule has 0 radical (unpaired) electrons. The highest BCUT2D eigenvalue weighted by Crippen LogP contribution is 2.14. The highest BCUT2D eigenvalue weighted by atomic mass is 15.2. The van der Waals surface area contributed by atoms with Crippen molar-refractivity contribution in [2.75, 3.05) is 33.2 Å². The fourth-order valence-electron chi connectivity index (χ4n) is 2.34. The Morgan fingerprint density at radius 3 is 2.62 bits per heavy atom. The van der Waals surface area contributed by atoms with Gasteiger partial charge < -0.3 is 10.6 Å². The summed E-state index contributed by atoms with van der Waals surface area (Å²) in [6.07, 6.45) is 2.57. The molecule has 0 aromatic carbocycles. The molecule has 1 aliphatic rings. The minimum atomic E-state index is 0.532. The second-order valence-electron chi connectivity index (χ2n) is 5.68. The van der Waals surface area contributed by atoms with E-state index in [9.17, 15) is 0 Å². The summed E-state index contributed by atoms with van der Waals surface area (Å²) < 4.78 is 0. The molecule has 16 heavy (non-hydrogen) atoms. The molecule has 2 N–H and O–H groups in total. The van der Waals surface area contributed by atoms with Gasteiger partial charge in [-0.25, -0.2) is 0 Å². The van der Waals surface area contributed by atoms with Crippen LogP contribution in [0.3, 0.4) is 0 Å². The van der Waals surface area contributed by atoms with Crippen LogP contribution >= 0.6 is 0 Å². The van der Waals surface area contributed by atoms with E-state index in [1.54, 1.807) is 0 Å². The summed E-state index contributed by atoms with van der Waals surface area (Å²) in [4.78, 5) is 5.05. The summed E-state index contributed by atoms with van der Waals surface area (Å²) in [5.41, 5.74) is 5.88. The molecule has 0 saturated carbocycles. The average Bonchev–Trinajstić information content (AvgIpc) is 2.38. The number of rotatable bonds is 4. The fourth-order valence-corrected chi connectivity index (χ4v) is 2.34. The minimum Gasteiger partial charge on any atom is -0.329 e. The number of hydrogen-bond donors (Lipinski definition) is 1. The highest BCUT2D eigenvalue weighted by Gasteiger charge is 2.25. The summed E-state index contributed by atoms with van der Waals surface area (Å²) in [6.45, 7) is 11.3. The predicted octanol–water partition coefficient (Wildman–Crippen LogP) is 1.39. The van der Waals surface area contributed by atoms with Crippen LogP contribution < -0.4 is 5.73 Å². The van der Waals surface area contributed by atoms with Gasteiger partial charge in [-0.3, -0.25) is 4.90 Å². The van der Waals surface area contributed by atoms with Crippen molar-refractivity contribution in [2.45, 2.75) is 45.7 Å². The van der Waals surface area contributed by atoms with E-state index in [0.29, 0.717) is 12.1 Å². The first-order chi connectivity index (χ1) is 7.54. The van der Waals surface area contributed by atoms with Gasteiger partial charge in [0.05, 0.1) is 0 Å². The molecule has 1 saturated heterocycles. The van der Waals surface area contributed by atoms with Crippen molar-refractivity contribution in [3.05, 3.63) is 0 Å². The lowest BCUT2D eigenvalue weighted by atomic mass is 10.1. The second-order valence-corrected chi connectivity index (χ2v) is 5.68. The van der Waals surface area contributed by atoms with Crippen LogP contribution in [0.1, 0.15) is 33.6 Å². The van der Waals surface area contributed by atoms with E-state index in [-0.39, 0.29) is 0 Å². The second kappa shape index (κ2) is 6.58. The van der Waals surface area contributed by atoms with Crippen LogP contribution in [0.5, 0.6) is 0 Å². The average molecular weight is 227 g/mol. The van der Waals surface area contributed by atoms with Crippen LogP contribution in [0.2, 0.25) is 0 Å². The van der Waals surface area contributed by atoms with Crippen molar-refractivity contribution < 1.29 is 0 Å². The molecule has 1 fully saturated rings. The fraction of sp³-hybridized carbons (Fsp3) is 1.00. The van der Waals surface area contributed by atoms with Gasteiger partial charge in [-0.05, 0) is 45.8 Å². The summed E-state index contributed by atoms with van der Waals surface area (Å²) >= 11 is 0. The van der Waals surface area contributed by atoms with Gasteiger partial charge in [0.2, 0.25) is 0 Å². The minimum absolute atomic E-state index is 0.532. The standard InChI is InChI=1S/C13H29N3/c1-11(2)5-7-16-8-6-12(3)15(4)13(9-14)10-16/h11-13H,5-10,14H2,1-4H3. The molecule has 2 atom stereocenters. The molecule has 0 amide bonds. The lowest BCUT2D eigenvalue weighted by Crippen LogP contribution is -2.46. The molecule has 3 nitrogen and oxygen atoms in total. The van der Waals surface area contributed by atoms with Gasteiger partial charge >= 0.3 is 0 Å². The molecule has 1 rings (SSSR count). The Morgan fingerprint density at radius 1 is 1.38 bits per heavy atom. The monoisotopic (exact) mass is 227 g/mol. The molecular formula is C13H29N3. The quantitative estimate of drug-likeness (QED) is 0.788. The Kier molecular flexibility index (Phi) is 5.73. The maximum atomic E-state index is 5.88. The molecule has 1 heterocycles. The third-order valence-electron chi connectivity index (χ3n) is 3.90. The third kappa shape index (κ3) is 4.04. The molecule has 2 unspecified atom stereocenters. The predicted molar refractivity (Wildman–Crippen MR) is 70.6 cm³/mol. The SMILES string of the molecule is CC(C)CCN1CCC(C)N(C)C(CN)C1. The number of likely N-dealkylation sites (N-methyl/N-ethyl adjacent to an activating group) is 1. The lowest BCUT2D eigenvalue weighted by molar-refractivity contribution is 0.178. The van der Waals surface area contributed by atoms with Crippen LogP contribution in [-0.4, -0.2) is 55.1 Å². The molecule has 0 aromatic rings. The Hall–Kier alpha value is -0.120. The van der Waals surface area contributed by atoms with E-state index in [4.69, 9.17) is 5.73 Å². The van der Waals surface area contributed by atoms with Crippen molar-refractivity contribution in [3.63, 3.8) is 0 Å². The largest absolute Gasteiger partial charge is 0.329 e. The molecular weight excluding hydrogens is 198 g/mol. The van der Waals surface area contributed by atoms with Crippen molar-refractivity contribution in [2.24, 2.45) is 11.7 Å². The number of nitrogens with zero attached hydrogens (tertiary/aromatic N) is 2. The summed E-state index contributed by atoms with van der Waals surface area (Å²) in [5, 5.41) is 0. The van der Waals surface area contributed by atoms with Crippen molar-refractivity contribution in [3.8, 4) is 0 Å². The first-order valence-electron chi connectivity index (χ1n) is 6.69. The van der Waals surface area contributed by atoms with E-state index >= 15 is 0 Å². The zero-order valence-corrected chi connectivity index (χ0v) is 11.4. The topological polar surface area (TPSA) is 32.5 Å². The van der Waals surface area contributed by atoms with Crippen LogP contribution in [-0.2, 0) is 0 Å². The van der Waals surface area contributed by atoms with E-state index in [0.717, 1.165) is 19.0 Å². The third-order valence-corrected chi connectivity index (χ3v) is 3.90. The van der Waals surface area contributed by atoms with Crippen molar-refractivity contribution >= 4 is 0 Å². The van der Waals surface area contributed by atoms with Crippen LogP contribution in [0.15, 0.2) is 0 Å². The molecule has 96 valence electrons. The van der Waals surface area contributed by atoms with E-state index in [1.807, 2.05) is 0 Å². The highest BCUT2D eigenvalue weighted by molar-refractivity contribution is 4.82. The molecule has 1 aliphatic heterocycles. The van der Waals surface area contributed by atoms with Gasteiger partial charge in [0.25, 0.3) is 0 Å². The van der Waals surface area contributed by atoms with Gasteiger partial charge in [0, 0.05) is 25.2 Å². The van der Waals surface area contributed by atoms with Gasteiger partial charge in [0.1, 0.15) is 0 Å². The van der Waals surface area contributed by atoms with E-state index in [1.165, 1.54) is 25.9 Å². The van der Waals surface area contributed by atoms with Crippen molar-refractivity contribution in [1.82, 2.24) is 9.80 Å². The van der Waals surface area contributed by atoms with E-state index in [2.05, 4.69) is 37.6 Å². The van der Waals surface area contributed by atoms with Gasteiger partial charge in [0.15, 0.2) is 0 Å². The Bertz CT molecular complexity index is 192. The molecule has 0 aliphatic carbocycles. The van der Waals surface area contributed by atoms with Crippen LogP contribution in [0, 0.1) is 5.92 Å².